The summed E-state index contributed by atoms with van der Waals surface area (Å²) in [7, 11) is 0. The van der Waals surface area contributed by atoms with Gasteiger partial charge in [0, 0.05) is 5.33 Å². The minimum Gasteiger partial charge on any atom is -0.240 e. The van der Waals surface area contributed by atoms with Crippen molar-refractivity contribution in [3.05, 3.63) is 28.3 Å². The molecule has 0 aromatic carbocycles. The van der Waals surface area contributed by atoms with Gasteiger partial charge in [-0.25, -0.2) is 18.2 Å². The van der Waals surface area contributed by atoms with Crippen molar-refractivity contribution in [3.8, 4) is 0 Å². The Bertz CT molecular complexity index is 296. The van der Waals surface area contributed by atoms with Crippen LogP contribution in [-0.2, 0) is 5.33 Å². The van der Waals surface area contributed by atoms with Gasteiger partial charge in [-0.2, -0.15) is 0 Å². The summed E-state index contributed by atoms with van der Waals surface area (Å²) in [5.74, 6) is -1.02. The molecule has 1 rings (SSSR count). The molecule has 72 valence electrons. The van der Waals surface area contributed by atoms with Gasteiger partial charge in [0.1, 0.15) is 11.0 Å². The quantitative estimate of drug-likeness (QED) is 0.592. The number of pyridine rings is 1. The summed E-state index contributed by atoms with van der Waals surface area (Å²) < 4.78 is 37.2. The minimum absolute atomic E-state index is 0.271. The van der Waals surface area contributed by atoms with E-state index in [1.807, 2.05) is 0 Å². The lowest BCUT2D eigenvalue weighted by molar-refractivity contribution is 0.146. The molecule has 0 radical (unpaired) electrons. The maximum absolute atomic E-state index is 12.9. The molecule has 0 aliphatic heterocycles. The molecule has 0 bridgehead atoms. The zero-order chi connectivity index (χ0) is 10.0. The highest BCUT2D eigenvalue weighted by molar-refractivity contribution is 9.08. The number of hydrogen-bond acceptors (Lipinski definition) is 1. The summed E-state index contributed by atoms with van der Waals surface area (Å²) in [4.78, 5) is 3.57. The predicted molar refractivity (Wildman–Crippen MR) is 46.8 cm³/mol. The van der Waals surface area contributed by atoms with Crippen LogP contribution in [-0.4, -0.2) is 4.98 Å². The second kappa shape index (κ2) is 4.28. The van der Waals surface area contributed by atoms with E-state index in [0.29, 0.717) is 0 Å². The average Bonchev–Trinajstić information content (AvgIpc) is 2.02. The zero-order valence-corrected chi connectivity index (χ0v) is 8.54. The van der Waals surface area contributed by atoms with Crippen molar-refractivity contribution in [1.29, 1.82) is 0 Å². The molecule has 6 heteroatoms. The molecule has 0 aliphatic rings. The van der Waals surface area contributed by atoms with Crippen LogP contribution < -0.4 is 0 Å². The van der Waals surface area contributed by atoms with Crippen LogP contribution in [0.2, 0.25) is 5.15 Å². The number of rotatable bonds is 2. The van der Waals surface area contributed by atoms with E-state index >= 15 is 0 Å². The molecule has 0 fully saturated rings. The Morgan fingerprint density at radius 1 is 1.54 bits per heavy atom. The molecular formula is C7H4BrClF3N. The molecule has 0 amide bonds. The Hall–Kier alpha value is -0.290. The minimum atomic E-state index is -2.94. The molecule has 13 heavy (non-hydrogen) atoms. The molecule has 0 aliphatic carbocycles. The summed E-state index contributed by atoms with van der Waals surface area (Å²) in [6, 6.07) is 0.933. The van der Waals surface area contributed by atoms with Crippen LogP contribution in [0.5, 0.6) is 0 Å². The Labute approximate surface area is 86.0 Å². The van der Waals surface area contributed by atoms with Crippen molar-refractivity contribution in [2.24, 2.45) is 0 Å². The van der Waals surface area contributed by atoms with Gasteiger partial charge in [0.15, 0.2) is 0 Å². The van der Waals surface area contributed by atoms with Crippen molar-refractivity contribution in [3.63, 3.8) is 0 Å². The van der Waals surface area contributed by atoms with Gasteiger partial charge in [0.2, 0.25) is 0 Å². The van der Waals surface area contributed by atoms with Gasteiger partial charge in [0.25, 0.3) is 6.43 Å². The third-order valence-corrected chi connectivity index (χ3v) is 2.23. The maximum Gasteiger partial charge on any atom is 0.269 e. The van der Waals surface area contributed by atoms with E-state index in [1.54, 1.807) is 0 Å². The van der Waals surface area contributed by atoms with Crippen LogP contribution in [0.1, 0.15) is 17.7 Å². The molecule has 0 unspecified atom stereocenters. The molecule has 1 aromatic rings. The second-order valence-corrected chi connectivity index (χ2v) is 3.15. The number of aromatic nitrogens is 1. The Morgan fingerprint density at radius 3 is 2.54 bits per heavy atom. The van der Waals surface area contributed by atoms with Crippen LogP contribution in [0, 0.1) is 5.82 Å². The summed E-state index contributed by atoms with van der Waals surface area (Å²) in [6.07, 6.45) is -2.94. The van der Waals surface area contributed by atoms with Crippen molar-refractivity contribution in [1.82, 2.24) is 4.98 Å². The Morgan fingerprint density at radius 2 is 2.15 bits per heavy atom. The molecule has 0 atom stereocenters. The third kappa shape index (κ3) is 2.34. The van der Waals surface area contributed by atoms with E-state index in [9.17, 15) is 13.2 Å². The summed E-state index contributed by atoms with van der Waals surface area (Å²) >= 11 is 8.37. The van der Waals surface area contributed by atoms with Gasteiger partial charge in [0.05, 0.1) is 11.3 Å². The topological polar surface area (TPSA) is 12.9 Å². The van der Waals surface area contributed by atoms with Crippen LogP contribution in [0.4, 0.5) is 13.2 Å². The molecule has 0 spiro atoms. The number of hydrogen-bond donors (Lipinski definition) is 0. The molecule has 1 nitrogen and oxygen atoms in total. The summed E-state index contributed by atoms with van der Waals surface area (Å²) in [5, 5.41) is -0.211. The van der Waals surface area contributed by atoms with Gasteiger partial charge in [-0.05, 0) is 6.07 Å². The van der Waals surface area contributed by atoms with E-state index in [1.165, 1.54) is 0 Å². The molecule has 0 N–H and O–H groups in total. The van der Waals surface area contributed by atoms with Gasteiger partial charge >= 0.3 is 0 Å². The lowest BCUT2D eigenvalue weighted by atomic mass is 10.2. The fraction of sp³-hybridized carbons (Fsp3) is 0.286. The standard InChI is InChI=1S/C7H4BrClF3N/c8-2-3-1-4(10)5(7(11)12)6(9)13-3/h1,7H,2H2. The van der Waals surface area contributed by atoms with E-state index in [0.717, 1.165) is 6.07 Å². The van der Waals surface area contributed by atoms with E-state index in [-0.39, 0.29) is 11.0 Å². The smallest absolute Gasteiger partial charge is 0.240 e. The molecular weight excluding hydrogens is 270 g/mol. The highest BCUT2D eigenvalue weighted by atomic mass is 79.9. The number of halogens is 5. The first-order valence-corrected chi connectivity index (χ1v) is 4.75. The average molecular weight is 274 g/mol. The van der Waals surface area contributed by atoms with Crippen LogP contribution in [0.25, 0.3) is 0 Å². The fourth-order valence-electron chi connectivity index (χ4n) is 0.804. The van der Waals surface area contributed by atoms with Crippen LogP contribution in [0.3, 0.4) is 0 Å². The highest BCUT2D eigenvalue weighted by Crippen LogP contribution is 2.28. The number of alkyl halides is 3. The monoisotopic (exact) mass is 273 g/mol. The van der Waals surface area contributed by atoms with E-state index in [2.05, 4.69) is 20.9 Å². The second-order valence-electron chi connectivity index (χ2n) is 2.23. The van der Waals surface area contributed by atoms with E-state index in [4.69, 9.17) is 11.6 Å². The van der Waals surface area contributed by atoms with Gasteiger partial charge in [-0.3, -0.25) is 0 Å². The largest absolute Gasteiger partial charge is 0.269 e. The van der Waals surface area contributed by atoms with Crippen molar-refractivity contribution in [2.75, 3.05) is 0 Å². The first kappa shape index (κ1) is 10.8. The predicted octanol–water partition coefficient (Wildman–Crippen LogP) is 3.71. The number of nitrogens with zero attached hydrogens (tertiary/aromatic N) is 1. The van der Waals surface area contributed by atoms with Gasteiger partial charge in [-0.1, -0.05) is 27.5 Å². The summed E-state index contributed by atoms with van der Waals surface area (Å²) in [5.41, 5.74) is -0.557. The lowest BCUT2D eigenvalue weighted by Crippen LogP contribution is -1.98. The molecule has 1 heterocycles. The zero-order valence-electron chi connectivity index (χ0n) is 6.20. The first-order valence-electron chi connectivity index (χ1n) is 3.25. The lowest BCUT2D eigenvalue weighted by Gasteiger charge is -2.05. The molecule has 1 aromatic heterocycles. The van der Waals surface area contributed by atoms with Crippen LogP contribution >= 0.6 is 27.5 Å². The first-order chi connectivity index (χ1) is 6.06. The Kier molecular flexibility index (Phi) is 3.55. The van der Waals surface area contributed by atoms with Gasteiger partial charge < -0.3 is 0 Å². The van der Waals surface area contributed by atoms with Crippen molar-refractivity contribution >= 4 is 27.5 Å². The fourth-order valence-corrected chi connectivity index (χ4v) is 1.37. The summed E-state index contributed by atoms with van der Waals surface area (Å²) in [6.45, 7) is 0. The van der Waals surface area contributed by atoms with Crippen molar-refractivity contribution in [2.45, 2.75) is 11.8 Å². The molecule has 0 saturated carbocycles. The third-order valence-electron chi connectivity index (χ3n) is 1.37. The molecule has 0 saturated heterocycles. The van der Waals surface area contributed by atoms with E-state index < -0.39 is 23.0 Å². The maximum atomic E-state index is 12.9. The Balaban J connectivity index is 3.23. The highest BCUT2D eigenvalue weighted by Gasteiger charge is 2.19. The van der Waals surface area contributed by atoms with Crippen LogP contribution in [0.15, 0.2) is 6.07 Å². The van der Waals surface area contributed by atoms with Crippen molar-refractivity contribution < 1.29 is 13.2 Å². The van der Waals surface area contributed by atoms with Gasteiger partial charge in [-0.15, -0.1) is 0 Å². The SMILES string of the molecule is Fc1cc(CBr)nc(Cl)c1C(F)F. The normalized spacial score (nSPS) is 10.9.